The van der Waals surface area contributed by atoms with Gasteiger partial charge in [-0.1, -0.05) is 94.0 Å². The van der Waals surface area contributed by atoms with Crippen LogP contribution in [0.1, 0.15) is 88.4 Å². The summed E-state index contributed by atoms with van der Waals surface area (Å²) in [6.07, 6.45) is 17.9. The molecule has 4 heteroatoms. The highest BCUT2D eigenvalue weighted by Crippen LogP contribution is 2.24. The molecule has 2 unspecified atom stereocenters. The molecule has 1 aromatic rings. The van der Waals surface area contributed by atoms with Crippen LogP contribution in [0.2, 0.25) is 0 Å². The summed E-state index contributed by atoms with van der Waals surface area (Å²) in [6.45, 7) is 2.24. The molecule has 2 atom stereocenters. The topological polar surface area (TPSA) is 55.8 Å². The molecule has 1 aromatic carbocycles. The fraction of sp³-hybridized carbons (Fsp3) is 0.577. The summed E-state index contributed by atoms with van der Waals surface area (Å²) in [5.74, 6) is -0.242. The lowest BCUT2D eigenvalue weighted by Crippen LogP contribution is -2.06. The lowest BCUT2D eigenvalue weighted by Gasteiger charge is -2.13. The van der Waals surface area contributed by atoms with Crippen molar-refractivity contribution in [2.45, 2.75) is 83.3 Å². The Balaban J connectivity index is 2.51. The maximum Gasteiger partial charge on any atom is 0.305 e. The maximum absolute atomic E-state index is 11.2. The van der Waals surface area contributed by atoms with Gasteiger partial charge in [-0.25, -0.2) is 0 Å². The number of aliphatic hydroxyl groups is 1. The summed E-state index contributed by atoms with van der Waals surface area (Å²) in [4.78, 5) is 11.2. The maximum atomic E-state index is 11.2. The molecular weight excluding hydrogens is 376 g/mol. The van der Waals surface area contributed by atoms with Gasteiger partial charge in [-0.2, -0.15) is 0 Å². The van der Waals surface area contributed by atoms with Crippen molar-refractivity contribution in [1.82, 2.24) is 0 Å². The van der Waals surface area contributed by atoms with Gasteiger partial charge in [-0.3, -0.25) is 4.79 Å². The molecule has 1 N–H and O–H groups in total. The summed E-state index contributed by atoms with van der Waals surface area (Å²) in [5.41, 5.74) is 1.86. The quantitative estimate of drug-likeness (QED) is 0.192. The number of unbranched alkanes of at least 4 members (excludes halogenated alkanes) is 5. The molecule has 0 fully saturated rings. The second-order valence-electron chi connectivity index (χ2n) is 7.69. The smallest absolute Gasteiger partial charge is 0.305 e. The molecule has 0 aliphatic carbocycles. The van der Waals surface area contributed by atoms with E-state index >= 15 is 0 Å². The van der Waals surface area contributed by atoms with Crippen LogP contribution in [-0.2, 0) is 14.3 Å². The minimum Gasteiger partial charge on any atom is -0.469 e. The predicted octanol–water partition coefficient (Wildman–Crippen LogP) is 6.40. The average Bonchev–Trinajstić information content (AvgIpc) is 2.77. The Hall–Kier alpha value is -1.91. The van der Waals surface area contributed by atoms with Gasteiger partial charge in [0.2, 0.25) is 0 Å². The van der Waals surface area contributed by atoms with Crippen LogP contribution < -0.4 is 0 Å². The minimum atomic E-state index is -0.598. The molecule has 0 amide bonds. The molecule has 30 heavy (non-hydrogen) atoms. The lowest BCUT2D eigenvalue weighted by atomic mass is 9.98. The first kappa shape index (κ1) is 26.1. The third-order valence-corrected chi connectivity index (χ3v) is 5.30. The normalized spacial score (nSPS) is 13.7. The Bertz CT molecular complexity index is 636. The number of hydrogen-bond acceptors (Lipinski definition) is 4. The molecule has 1 rings (SSSR count). The number of allylic oxidation sites excluding steroid dienone is 2. The number of aliphatic hydroxyl groups excluding tert-OH is 1. The van der Waals surface area contributed by atoms with E-state index in [1.165, 1.54) is 45.6 Å². The number of esters is 1. The van der Waals surface area contributed by atoms with E-state index in [2.05, 4.69) is 17.7 Å². The first-order valence-electron chi connectivity index (χ1n) is 11.3. The number of carbonyl (C=O) groups excluding carboxylic acids is 1. The molecule has 0 spiro atoms. The summed E-state index contributed by atoms with van der Waals surface area (Å²) >= 11 is 0. The van der Waals surface area contributed by atoms with Crippen LogP contribution in [0.25, 0.3) is 6.08 Å². The zero-order valence-corrected chi connectivity index (χ0v) is 19.0. The van der Waals surface area contributed by atoms with Crippen LogP contribution in [0, 0.1) is 0 Å². The number of ether oxygens (including phenoxy) is 2. The first-order valence-corrected chi connectivity index (χ1v) is 11.3. The molecule has 0 saturated heterocycles. The highest BCUT2D eigenvalue weighted by atomic mass is 16.5. The minimum absolute atomic E-state index is 0.139. The van der Waals surface area contributed by atoms with E-state index in [9.17, 15) is 9.90 Å². The van der Waals surface area contributed by atoms with Crippen molar-refractivity contribution in [2.24, 2.45) is 0 Å². The van der Waals surface area contributed by atoms with Gasteiger partial charge in [0.25, 0.3) is 0 Å². The van der Waals surface area contributed by atoms with E-state index in [1.54, 1.807) is 7.11 Å². The predicted molar refractivity (Wildman–Crippen MR) is 124 cm³/mol. The fourth-order valence-electron chi connectivity index (χ4n) is 3.43. The van der Waals surface area contributed by atoms with Gasteiger partial charge in [-0.05, 0) is 30.4 Å². The third-order valence-electron chi connectivity index (χ3n) is 5.30. The van der Waals surface area contributed by atoms with E-state index in [0.717, 1.165) is 17.5 Å². The Kier molecular flexibility index (Phi) is 14.7. The Morgan fingerprint density at radius 3 is 2.47 bits per heavy atom. The molecule has 4 nitrogen and oxygen atoms in total. The van der Waals surface area contributed by atoms with E-state index in [0.29, 0.717) is 19.3 Å². The molecular formula is C26H40O4. The van der Waals surface area contributed by atoms with Crippen LogP contribution in [0.4, 0.5) is 0 Å². The average molecular weight is 417 g/mol. The molecule has 0 aliphatic rings. The third kappa shape index (κ3) is 11.3. The van der Waals surface area contributed by atoms with Crippen LogP contribution in [0.5, 0.6) is 0 Å². The van der Waals surface area contributed by atoms with Crippen LogP contribution in [0.15, 0.2) is 42.5 Å². The van der Waals surface area contributed by atoms with Crippen LogP contribution in [0.3, 0.4) is 0 Å². The van der Waals surface area contributed by atoms with Gasteiger partial charge < -0.3 is 14.6 Å². The summed E-state index contributed by atoms with van der Waals surface area (Å²) < 4.78 is 10.2. The zero-order valence-electron chi connectivity index (χ0n) is 19.0. The first-order chi connectivity index (χ1) is 14.6. The van der Waals surface area contributed by atoms with E-state index < -0.39 is 6.10 Å². The second-order valence-corrected chi connectivity index (χ2v) is 7.69. The molecule has 0 bridgehead atoms. The molecule has 168 valence electrons. The molecule has 0 saturated carbocycles. The second kappa shape index (κ2) is 16.8. The largest absolute Gasteiger partial charge is 0.469 e. The van der Waals surface area contributed by atoms with Crippen LogP contribution >= 0.6 is 0 Å². The summed E-state index contributed by atoms with van der Waals surface area (Å²) in [6, 6.07) is 7.81. The molecule has 0 radical (unpaired) electrons. The van der Waals surface area contributed by atoms with Gasteiger partial charge in [0.05, 0.1) is 19.3 Å². The Morgan fingerprint density at radius 1 is 1.00 bits per heavy atom. The molecule has 0 aromatic heterocycles. The highest BCUT2D eigenvalue weighted by molar-refractivity contribution is 5.69. The fourth-order valence-corrected chi connectivity index (χ4v) is 3.43. The van der Waals surface area contributed by atoms with E-state index in [1.807, 2.05) is 42.5 Å². The Labute approximate surface area is 183 Å². The van der Waals surface area contributed by atoms with Gasteiger partial charge in [-0.15, -0.1) is 0 Å². The lowest BCUT2D eigenvalue weighted by molar-refractivity contribution is -0.140. The molecule has 0 heterocycles. The van der Waals surface area contributed by atoms with Crippen molar-refractivity contribution in [2.75, 3.05) is 14.2 Å². The number of carbonyl (C=O) groups is 1. The summed E-state index contributed by atoms with van der Waals surface area (Å²) in [7, 11) is 3.14. The van der Waals surface area contributed by atoms with Crippen LogP contribution in [-0.4, -0.2) is 31.4 Å². The SMILES string of the molecule is CCCCCCCCC(/C=C/C=C/c1ccccc1C(O)CCCC(=O)OC)OC. The standard InChI is InChI=1S/C26H40O4/c1-4-5-6-7-8-9-17-23(29-2)18-12-10-15-22-16-11-13-19-24(22)25(27)20-14-21-26(28)30-3/h10-13,15-16,18-19,23,25,27H,4-9,14,17,20-21H2,1-3H3/b15-10+,18-12+. The van der Waals surface area contributed by atoms with E-state index in [-0.39, 0.29) is 12.1 Å². The monoisotopic (exact) mass is 416 g/mol. The van der Waals surface area contributed by atoms with Crippen molar-refractivity contribution in [3.05, 3.63) is 53.6 Å². The number of benzene rings is 1. The van der Waals surface area contributed by atoms with Crippen molar-refractivity contribution in [3.8, 4) is 0 Å². The van der Waals surface area contributed by atoms with Crippen molar-refractivity contribution in [3.63, 3.8) is 0 Å². The molecule has 0 aliphatic heterocycles. The van der Waals surface area contributed by atoms with Gasteiger partial charge in [0.1, 0.15) is 0 Å². The number of methoxy groups -OCH3 is 2. The van der Waals surface area contributed by atoms with E-state index in [4.69, 9.17) is 4.74 Å². The summed E-state index contributed by atoms with van der Waals surface area (Å²) in [5, 5.41) is 10.5. The van der Waals surface area contributed by atoms with Gasteiger partial charge in [0, 0.05) is 13.5 Å². The van der Waals surface area contributed by atoms with Crippen molar-refractivity contribution in [1.29, 1.82) is 0 Å². The van der Waals surface area contributed by atoms with Gasteiger partial charge in [0.15, 0.2) is 0 Å². The Morgan fingerprint density at radius 2 is 1.73 bits per heavy atom. The van der Waals surface area contributed by atoms with Gasteiger partial charge >= 0.3 is 5.97 Å². The highest BCUT2D eigenvalue weighted by Gasteiger charge is 2.11. The van der Waals surface area contributed by atoms with Crippen molar-refractivity contribution < 1.29 is 19.4 Å². The zero-order chi connectivity index (χ0) is 22.0. The van der Waals surface area contributed by atoms with Crippen molar-refractivity contribution >= 4 is 12.0 Å². The number of hydrogen-bond donors (Lipinski definition) is 1. The number of rotatable bonds is 16.